The van der Waals surface area contributed by atoms with Crippen molar-refractivity contribution < 1.29 is 33.4 Å². The Morgan fingerprint density at radius 1 is 1.00 bits per heavy atom. The van der Waals surface area contributed by atoms with E-state index in [9.17, 15) is 24.0 Å². The lowest BCUT2D eigenvalue weighted by Gasteiger charge is -2.37. The molecule has 1 aliphatic rings. The first kappa shape index (κ1) is 43.4. The first-order valence-corrected chi connectivity index (χ1v) is 20.2. The van der Waals surface area contributed by atoms with Gasteiger partial charge in [-0.1, -0.05) is 59.2 Å². The highest BCUT2D eigenvalue weighted by Crippen LogP contribution is 2.31. The molecule has 3 aromatic rings. The second kappa shape index (κ2) is 19.5. The summed E-state index contributed by atoms with van der Waals surface area (Å²) in [5.74, 6) is -2.33. The van der Waals surface area contributed by atoms with Crippen molar-refractivity contribution in [3.63, 3.8) is 0 Å². The van der Waals surface area contributed by atoms with Gasteiger partial charge < -0.3 is 29.6 Å². The van der Waals surface area contributed by atoms with E-state index in [4.69, 9.17) is 9.47 Å². The number of rotatable bonds is 17. The Bertz CT molecular complexity index is 1800. The molecule has 1 unspecified atom stereocenters. The van der Waals surface area contributed by atoms with Crippen LogP contribution in [0.1, 0.15) is 101 Å². The molecule has 1 aliphatic heterocycles. The zero-order valence-corrected chi connectivity index (χ0v) is 34.9. The number of ether oxygens (including phenoxy) is 2. The van der Waals surface area contributed by atoms with Gasteiger partial charge in [0.05, 0.1) is 19.1 Å². The van der Waals surface area contributed by atoms with Gasteiger partial charge in [0.1, 0.15) is 16.7 Å². The lowest BCUT2D eigenvalue weighted by atomic mass is 9.94. The number of aryl methyl sites for hydroxylation is 1. The van der Waals surface area contributed by atoms with Crippen molar-refractivity contribution in [2.45, 2.75) is 110 Å². The van der Waals surface area contributed by atoms with Crippen molar-refractivity contribution in [1.29, 1.82) is 0 Å². The molecule has 0 bridgehead atoms. The zero-order valence-electron chi connectivity index (χ0n) is 34.1. The molecule has 1 fully saturated rings. The molecule has 13 nitrogen and oxygen atoms in total. The van der Waals surface area contributed by atoms with Crippen LogP contribution in [0, 0.1) is 17.8 Å². The van der Waals surface area contributed by atoms with Crippen LogP contribution in [0.4, 0.5) is 0 Å². The number of piperidine rings is 1. The number of thiazole rings is 1. The lowest BCUT2D eigenvalue weighted by molar-refractivity contribution is -0.149. The predicted octanol–water partition coefficient (Wildman–Crippen LogP) is 5.28. The van der Waals surface area contributed by atoms with Crippen LogP contribution < -0.4 is 10.6 Å². The van der Waals surface area contributed by atoms with E-state index in [-0.39, 0.29) is 47.8 Å². The number of likely N-dealkylation sites (N-methyl/N-ethyl adjacent to an activating group) is 2. The maximum atomic E-state index is 14.1. The average Bonchev–Trinajstić information content (AvgIpc) is 3.76. The van der Waals surface area contributed by atoms with Crippen molar-refractivity contribution in [2.75, 3.05) is 27.7 Å². The molecule has 0 radical (unpaired) electrons. The summed E-state index contributed by atoms with van der Waals surface area (Å²) in [4.78, 5) is 74.5. The number of hydrogen-bond acceptors (Lipinski definition) is 10. The minimum Gasteiger partial charge on any atom is -0.469 e. The second-order valence-electron chi connectivity index (χ2n) is 15.7. The van der Waals surface area contributed by atoms with Crippen molar-refractivity contribution in [3.05, 3.63) is 52.1 Å². The van der Waals surface area contributed by atoms with E-state index in [1.165, 1.54) is 25.4 Å². The highest BCUT2D eigenvalue weighted by molar-refractivity contribution is 7.09. The highest BCUT2D eigenvalue weighted by Gasteiger charge is 2.37. The quantitative estimate of drug-likeness (QED) is 0.175. The third-order valence-electron chi connectivity index (χ3n) is 10.7. The Morgan fingerprint density at radius 3 is 2.35 bits per heavy atom. The summed E-state index contributed by atoms with van der Waals surface area (Å²) in [6.07, 6.45) is 5.03. The molecular formula is C41H60N6O7S. The van der Waals surface area contributed by atoms with Crippen molar-refractivity contribution >= 4 is 51.9 Å². The minimum absolute atomic E-state index is 0.0469. The molecule has 0 saturated carbocycles. The smallest absolute Gasteiger partial charge is 0.308 e. The molecular weight excluding hydrogens is 721 g/mol. The van der Waals surface area contributed by atoms with Gasteiger partial charge in [-0.15, -0.1) is 11.3 Å². The molecule has 3 amide bonds. The number of carbonyl (C=O) groups excluding carboxylic acids is 5. The normalized spacial score (nSPS) is 17.6. The average molecular weight is 781 g/mol. The SMILES string of the molecule is COC(=O)[C@@H](C)C[C@H](Cc1cn(C)c2ccccc12)NC(=O)c1csc([C@@H](CC(C(C)C)N(C)C(=O)[C@@H](NC(=O)[C@H]2CCCCN2C)C(C)C)OC(C)=O)n1. The molecule has 2 aromatic heterocycles. The standard InChI is InChI=1S/C41H60N6O7S/c1-24(2)34(47(9)40(51)36(25(3)4)44-38(50)33-17-13-14-18-45(33)7)21-35(54-27(6)48)39-43-31(23-55-39)37(49)42-29(19-26(5)41(52)53-10)20-28-22-46(8)32-16-12-11-15-30(28)32/h11-12,15-16,22-26,29,33-36H,13-14,17-21H2,1-10H3,(H,42,49)(H,44,50)/t26-,29+,33+,34?,35+,36-/m0/s1. The van der Waals surface area contributed by atoms with Crippen LogP contribution in [0.15, 0.2) is 35.8 Å². The maximum absolute atomic E-state index is 14.1. The van der Waals surface area contributed by atoms with Gasteiger partial charge in [0.15, 0.2) is 6.10 Å². The van der Waals surface area contributed by atoms with Crippen LogP contribution in [-0.4, -0.2) is 101 Å². The fourth-order valence-corrected chi connectivity index (χ4v) is 8.46. The van der Waals surface area contributed by atoms with E-state index < -0.39 is 42.0 Å². The molecule has 55 heavy (non-hydrogen) atoms. The molecule has 2 N–H and O–H groups in total. The topological polar surface area (TPSA) is 152 Å². The summed E-state index contributed by atoms with van der Waals surface area (Å²) >= 11 is 1.20. The first-order chi connectivity index (χ1) is 26.0. The summed E-state index contributed by atoms with van der Waals surface area (Å²) in [7, 11) is 6.98. The summed E-state index contributed by atoms with van der Waals surface area (Å²) in [6, 6.07) is 6.21. The molecule has 1 saturated heterocycles. The van der Waals surface area contributed by atoms with Crippen LogP contribution in [0.3, 0.4) is 0 Å². The molecule has 6 atom stereocenters. The molecule has 14 heteroatoms. The monoisotopic (exact) mass is 780 g/mol. The van der Waals surface area contributed by atoms with E-state index in [2.05, 4.69) is 15.6 Å². The maximum Gasteiger partial charge on any atom is 0.308 e. The Hall–Kier alpha value is -4.30. The van der Waals surface area contributed by atoms with Crippen LogP contribution in [0.2, 0.25) is 0 Å². The molecule has 302 valence electrons. The van der Waals surface area contributed by atoms with Crippen LogP contribution in [0.25, 0.3) is 10.9 Å². The summed E-state index contributed by atoms with van der Waals surface area (Å²) in [5, 5.41) is 9.28. The predicted molar refractivity (Wildman–Crippen MR) is 213 cm³/mol. The van der Waals surface area contributed by atoms with Crippen molar-refractivity contribution in [3.8, 4) is 0 Å². The minimum atomic E-state index is -0.833. The van der Waals surface area contributed by atoms with Crippen LogP contribution in [0.5, 0.6) is 0 Å². The van der Waals surface area contributed by atoms with Gasteiger partial charge in [-0.05, 0) is 62.7 Å². The highest BCUT2D eigenvalue weighted by atomic mass is 32.1. The summed E-state index contributed by atoms with van der Waals surface area (Å²) in [6.45, 7) is 11.7. The number of hydrogen-bond donors (Lipinski definition) is 2. The fourth-order valence-electron chi connectivity index (χ4n) is 7.62. The van der Waals surface area contributed by atoms with Gasteiger partial charge in [0, 0.05) is 62.0 Å². The fraction of sp³-hybridized carbons (Fsp3) is 0.610. The van der Waals surface area contributed by atoms with E-state index >= 15 is 0 Å². The molecule has 3 heterocycles. The summed E-state index contributed by atoms with van der Waals surface area (Å²) < 4.78 is 12.8. The van der Waals surface area contributed by atoms with Crippen molar-refractivity contribution in [2.24, 2.45) is 24.8 Å². The molecule has 1 aromatic carbocycles. The van der Waals surface area contributed by atoms with E-state index in [0.717, 1.165) is 42.3 Å². The summed E-state index contributed by atoms with van der Waals surface area (Å²) in [5.41, 5.74) is 2.26. The Balaban J connectivity index is 1.53. The van der Waals surface area contributed by atoms with E-state index in [1.54, 1.807) is 24.3 Å². The van der Waals surface area contributed by atoms with Gasteiger partial charge in [-0.3, -0.25) is 28.9 Å². The Morgan fingerprint density at radius 2 is 1.71 bits per heavy atom. The molecule has 0 aliphatic carbocycles. The number of carbonyl (C=O) groups is 5. The number of likely N-dealkylation sites (tertiary alicyclic amines) is 1. The largest absolute Gasteiger partial charge is 0.469 e. The number of benzene rings is 1. The van der Waals surface area contributed by atoms with Gasteiger partial charge in [0.25, 0.3) is 5.91 Å². The Labute approximate surface area is 329 Å². The lowest BCUT2D eigenvalue weighted by Crippen LogP contribution is -2.57. The van der Waals surface area contributed by atoms with Gasteiger partial charge in [-0.25, -0.2) is 4.98 Å². The van der Waals surface area contributed by atoms with Crippen molar-refractivity contribution in [1.82, 2.24) is 30.0 Å². The van der Waals surface area contributed by atoms with E-state index in [0.29, 0.717) is 17.8 Å². The van der Waals surface area contributed by atoms with Gasteiger partial charge >= 0.3 is 11.9 Å². The number of fused-ring (bicyclic) bond motifs is 1. The molecule has 0 spiro atoms. The first-order valence-electron chi connectivity index (χ1n) is 19.3. The number of aromatic nitrogens is 2. The number of amides is 3. The van der Waals surface area contributed by atoms with Crippen LogP contribution >= 0.6 is 11.3 Å². The second-order valence-corrected chi connectivity index (χ2v) is 16.6. The van der Waals surface area contributed by atoms with Gasteiger partial charge in [-0.2, -0.15) is 0 Å². The number of methoxy groups -OCH3 is 1. The van der Waals surface area contributed by atoms with Crippen LogP contribution in [-0.2, 0) is 42.1 Å². The zero-order chi connectivity index (χ0) is 40.6. The van der Waals surface area contributed by atoms with E-state index in [1.807, 2.05) is 81.7 Å². The number of nitrogens with zero attached hydrogens (tertiary/aromatic N) is 4. The molecule has 4 rings (SSSR count). The number of para-hydroxylation sites is 1. The third kappa shape index (κ3) is 11.2. The van der Waals surface area contributed by atoms with Gasteiger partial charge in [0.2, 0.25) is 11.8 Å². The Kier molecular flexibility index (Phi) is 15.4. The third-order valence-corrected chi connectivity index (χ3v) is 11.7. The number of nitrogens with one attached hydrogen (secondary N) is 2. The number of esters is 2.